The highest BCUT2D eigenvalue weighted by Crippen LogP contribution is 2.41. The number of amides is 2. The Morgan fingerprint density at radius 2 is 1.70 bits per heavy atom. The summed E-state index contributed by atoms with van der Waals surface area (Å²) in [6.45, 7) is 4.82. The van der Waals surface area contributed by atoms with Crippen molar-refractivity contribution < 1.29 is 24.2 Å². The van der Waals surface area contributed by atoms with E-state index in [4.69, 9.17) is 9.47 Å². The van der Waals surface area contributed by atoms with Crippen molar-refractivity contribution in [2.75, 3.05) is 30.5 Å². The largest absolute Gasteiger partial charge is 0.494 e. The van der Waals surface area contributed by atoms with Crippen LogP contribution in [0.2, 0.25) is 0 Å². The van der Waals surface area contributed by atoms with Crippen molar-refractivity contribution in [2.24, 2.45) is 0 Å². The number of carbonyl (C=O) groups excluding carboxylic acids is 2. The molecule has 1 aliphatic rings. The summed E-state index contributed by atoms with van der Waals surface area (Å²) in [5, 5.41) is 9.27. The number of para-hydroxylation sites is 2. The standard InChI is InChI=1S/C23H25NO5S/c1-3-14-29-19-8-6-5-7-18(19)24-22(26)20(21(23(24)27)30-15-13-25)16-9-11-17(12-10-16)28-4-2/h5-12,25H,3-4,13-15H2,1-2H3. The van der Waals surface area contributed by atoms with Gasteiger partial charge >= 0.3 is 0 Å². The highest BCUT2D eigenvalue weighted by Gasteiger charge is 2.41. The van der Waals surface area contributed by atoms with E-state index in [1.54, 1.807) is 42.5 Å². The third-order valence-corrected chi connectivity index (χ3v) is 5.46. The third-order valence-electron chi connectivity index (χ3n) is 4.40. The Morgan fingerprint density at radius 3 is 2.37 bits per heavy atom. The monoisotopic (exact) mass is 427 g/mol. The molecule has 3 rings (SSSR count). The molecule has 0 bridgehead atoms. The number of aliphatic hydroxyl groups excluding tert-OH is 1. The lowest BCUT2D eigenvalue weighted by molar-refractivity contribution is -0.119. The summed E-state index contributed by atoms with van der Waals surface area (Å²) in [7, 11) is 0. The van der Waals surface area contributed by atoms with Crippen LogP contribution in [0.15, 0.2) is 53.4 Å². The highest BCUT2D eigenvalue weighted by atomic mass is 32.2. The van der Waals surface area contributed by atoms with Gasteiger partial charge in [-0.2, -0.15) is 0 Å². The first-order valence-corrected chi connectivity index (χ1v) is 10.9. The van der Waals surface area contributed by atoms with Crippen LogP contribution in [0.4, 0.5) is 5.69 Å². The zero-order valence-electron chi connectivity index (χ0n) is 17.1. The first kappa shape index (κ1) is 21.9. The fourth-order valence-electron chi connectivity index (χ4n) is 3.13. The lowest BCUT2D eigenvalue weighted by Crippen LogP contribution is -2.31. The smallest absolute Gasteiger partial charge is 0.272 e. The maximum Gasteiger partial charge on any atom is 0.272 e. The van der Waals surface area contributed by atoms with Gasteiger partial charge in [0.05, 0.1) is 36.0 Å². The maximum atomic E-state index is 13.4. The van der Waals surface area contributed by atoms with Crippen LogP contribution in [0.5, 0.6) is 11.5 Å². The number of ether oxygens (including phenoxy) is 2. The predicted octanol–water partition coefficient (Wildman–Crippen LogP) is 3.88. The summed E-state index contributed by atoms with van der Waals surface area (Å²) in [5.74, 6) is 0.683. The summed E-state index contributed by atoms with van der Waals surface area (Å²) in [5.41, 5.74) is 1.38. The van der Waals surface area contributed by atoms with Gasteiger partial charge in [0.15, 0.2) is 0 Å². The van der Waals surface area contributed by atoms with Crippen LogP contribution in [0.1, 0.15) is 25.8 Å². The van der Waals surface area contributed by atoms with E-state index in [1.165, 1.54) is 11.8 Å². The van der Waals surface area contributed by atoms with Crippen molar-refractivity contribution in [3.8, 4) is 11.5 Å². The number of benzene rings is 2. The Balaban J connectivity index is 2.01. The molecule has 1 N–H and O–H groups in total. The molecule has 0 fully saturated rings. The van der Waals surface area contributed by atoms with E-state index >= 15 is 0 Å². The molecule has 0 aromatic heterocycles. The van der Waals surface area contributed by atoms with Gasteiger partial charge < -0.3 is 14.6 Å². The van der Waals surface area contributed by atoms with Crippen LogP contribution in [0, 0.1) is 0 Å². The molecule has 6 nitrogen and oxygen atoms in total. The van der Waals surface area contributed by atoms with Crippen LogP contribution < -0.4 is 14.4 Å². The van der Waals surface area contributed by atoms with Gasteiger partial charge in [-0.3, -0.25) is 9.59 Å². The normalized spacial score (nSPS) is 13.9. The molecule has 1 heterocycles. The summed E-state index contributed by atoms with van der Waals surface area (Å²) in [6, 6.07) is 14.1. The van der Waals surface area contributed by atoms with Gasteiger partial charge in [0.25, 0.3) is 11.8 Å². The number of carbonyl (C=O) groups is 2. The summed E-state index contributed by atoms with van der Waals surface area (Å²) in [4.78, 5) is 28.2. The Morgan fingerprint density at radius 1 is 0.967 bits per heavy atom. The second kappa shape index (κ2) is 10.3. The second-order valence-corrected chi connectivity index (χ2v) is 7.60. The molecule has 2 amide bonds. The number of rotatable bonds is 10. The number of imide groups is 1. The first-order chi connectivity index (χ1) is 14.6. The number of anilines is 1. The lowest BCUT2D eigenvalue weighted by atomic mass is 10.1. The van der Waals surface area contributed by atoms with Gasteiger partial charge in [-0.25, -0.2) is 4.90 Å². The topological polar surface area (TPSA) is 76.1 Å². The van der Waals surface area contributed by atoms with Gasteiger partial charge in [-0.05, 0) is 43.2 Å². The van der Waals surface area contributed by atoms with Crippen LogP contribution >= 0.6 is 11.8 Å². The molecule has 2 aromatic rings. The van der Waals surface area contributed by atoms with E-state index < -0.39 is 11.8 Å². The van der Waals surface area contributed by atoms with E-state index in [0.29, 0.717) is 52.2 Å². The van der Waals surface area contributed by atoms with Gasteiger partial charge in [0.2, 0.25) is 0 Å². The fourth-order valence-corrected chi connectivity index (χ4v) is 3.98. The third kappa shape index (κ3) is 4.52. The molecule has 7 heteroatoms. The summed E-state index contributed by atoms with van der Waals surface area (Å²) in [6.07, 6.45) is 0.809. The molecule has 0 spiro atoms. The minimum Gasteiger partial charge on any atom is -0.494 e. The lowest BCUT2D eigenvalue weighted by Gasteiger charge is -2.19. The molecule has 2 aromatic carbocycles. The number of hydrogen-bond donors (Lipinski definition) is 1. The quantitative estimate of drug-likeness (QED) is 0.580. The molecule has 0 radical (unpaired) electrons. The first-order valence-electron chi connectivity index (χ1n) is 9.94. The molecule has 0 saturated heterocycles. The zero-order chi connectivity index (χ0) is 21.5. The molecule has 1 aliphatic heterocycles. The molecular formula is C23H25NO5S. The van der Waals surface area contributed by atoms with Crippen LogP contribution in [0.25, 0.3) is 5.57 Å². The SMILES string of the molecule is CCCOc1ccccc1N1C(=O)C(SCCO)=C(c2ccc(OCC)cc2)C1=O. The molecule has 158 valence electrons. The van der Waals surface area contributed by atoms with Crippen molar-refractivity contribution >= 4 is 34.8 Å². The van der Waals surface area contributed by atoms with E-state index in [0.717, 1.165) is 11.3 Å². The number of aliphatic hydroxyl groups is 1. The van der Waals surface area contributed by atoms with Crippen molar-refractivity contribution in [3.05, 3.63) is 59.0 Å². The maximum absolute atomic E-state index is 13.4. The highest BCUT2D eigenvalue weighted by molar-refractivity contribution is 8.04. The molecular weight excluding hydrogens is 402 g/mol. The Bertz CT molecular complexity index is 939. The van der Waals surface area contributed by atoms with Gasteiger partial charge in [-0.1, -0.05) is 31.2 Å². The second-order valence-electron chi connectivity index (χ2n) is 6.50. The Hall–Kier alpha value is -2.77. The van der Waals surface area contributed by atoms with E-state index in [2.05, 4.69) is 0 Å². The van der Waals surface area contributed by atoms with E-state index in [1.807, 2.05) is 19.9 Å². The average molecular weight is 428 g/mol. The van der Waals surface area contributed by atoms with Crippen LogP contribution in [-0.4, -0.2) is 42.5 Å². The van der Waals surface area contributed by atoms with Crippen molar-refractivity contribution in [2.45, 2.75) is 20.3 Å². The number of nitrogens with zero attached hydrogens (tertiary/aromatic N) is 1. The molecule has 0 saturated carbocycles. The molecule has 0 atom stereocenters. The summed E-state index contributed by atoms with van der Waals surface area (Å²) < 4.78 is 11.2. The van der Waals surface area contributed by atoms with Crippen molar-refractivity contribution in [1.29, 1.82) is 0 Å². The minimum atomic E-state index is -0.408. The molecule has 0 aliphatic carbocycles. The van der Waals surface area contributed by atoms with Crippen molar-refractivity contribution in [3.63, 3.8) is 0 Å². The zero-order valence-corrected chi connectivity index (χ0v) is 17.9. The van der Waals surface area contributed by atoms with E-state index in [-0.39, 0.29) is 6.61 Å². The number of thioether (sulfide) groups is 1. The number of hydrogen-bond acceptors (Lipinski definition) is 6. The molecule has 30 heavy (non-hydrogen) atoms. The average Bonchev–Trinajstić information content (AvgIpc) is 3.01. The fraction of sp³-hybridized carbons (Fsp3) is 0.304. The predicted molar refractivity (Wildman–Crippen MR) is 119 cm³/mol. The summed E-state index contributed by atoms with van der Waals surface area (Å²) >= 11 is 1.18. The van der Waals surface area contributed by atoms with Crippen LogP contribution in [-0.2, 0) is 9.59 Å². The van der Waals surface area contributed by atoms with Gasteiger partial charge in [-0.15, -0.1) is 11.8 Å². The van der Waals surface area contributed by atoms with Gasteiger partial charge in [0.1, 0.15) is 11.5 Å². The van der Waals surface area contributed by atoms with E-state index in [9.17, 15) is 14.7 Å². The molecule has 0 unspecified atom stereocenters. The van der Waals surface area contributed by atoms with Crippen LogP contribution in [0.3, 0.4) is 0 Å². The minimum absolute atomic E-state index is 0.0948. The van der Waals surface area contributed by atoms with Gasteiger partial charge in [0, 0.05) is 5.75 Å². The Labute approximate surface area is 180 Å². The van der Waals surface area contributed by atoms with Crippen molar-refractivity contribution in [1.82, 2.24) is 0 Å². The Kier molecular flexibility index (Phi) is 7.54.